The third-order valence-corrected chi connectivity index (χ3v) is 13.1. The van der Waals surface area contributed by atoms with Gasteiger partial charge in [0, 0.05) is 11.8 Å². The van der Waals surface area contributed by atoms with Crippen LogP contribution in [0.15, 0.2) is 0 Å². The minimum Gasteiger partial charge on any atom is -0.388 e. The molecule has 0 bridgehead atoms. The maximum absolute atomic E-state index is 12.9. The van der Waals surface area contributed by atoms with E-state index in [-0.39, 0.29) is 11.5 Å². The molecule has 3 nitrogen and oxygen atoms in total. The zero-order valence-corrected chi connectivity index (χ0v) is 21.4. The fraction of sp³-hybridized carbons (Fsp3) is 0.966. The quantitative estimate of drug-likeness (QED) is 0.517. The molecular formula is C29H46O3. The summed E-state index contributed by atoms with van der Waals surface area (Å²) in [5.41, 5.74) is 0.713. The molecule has 0 aromatic carbocycles. The van der Waals surface area contributed by atoms with Gasteiger partial charge in [-0.3, -0.25) is 4.79 Å². The molecule has 1 aliphatic heterocycles. The van der Waals surface area contributed by atoms with Crippen molar-refractivity contribution >= 4 is 5.78 Å². The molecule has 3 heteroatoms. The van der Waals surface area contributed by atoms with Gasteiger partial charge in [-0.05, 0) is 111 Å². The van der Waals surface area contributed by atoms with Crippen molar-refractivity contribution < 1.29 is 14.6 Å². The van der Waals surface area contributed by atoms with Crippen LogP contribution in [0.2, 0.25) is 0 Å². The molecule has 1 heterocycles. The van der Waals surface area contributed by atoms with Crippen LogP contribution < -0.4 is 0 Å². The highest BCUT2D eigenvalue weighted by atomic mass is 16.5. The van der Waals surface area contributed by atoms with Gasteiger partial charge in [-0.1, -0.05) is 34.1 Å². The molecule has 0 aromatic rings. The van der Waals surface area contributed by atoms with Crippen LogP contribution in [0.25, 0.3) is 0 Å². The highest BCUT2D eigenvalue weighted by Crippen LogP contribution is 2.88. The molecule has 32 heavy (non-hydrogen) atoms. The minimum atomic E-state index is -0.759. The minimum absolute atomic E-state index is 0.0352. The lowest BCUT2D eigenvalue weighted by Gasteiger charge is -2.62. The van der Waals surface area contributed by atoms with Crippen molar-refractivity contribution in [1.29, 1.82) is 0 Å². The number of fused-ring (bicyclic) bond motifs is 4. The Morgan fingerprint density at radius 2 is 1.59 bits per heavy atom. The summed E-state index contributed by atoms with van der Waals surface area (Å²) in [6.45, 7) is 13.6. The molecule has 1 saturated heterocycles. The van der Waals surface area contributed by atoms with E-state index in [0.29, 0.717) is 45.4 Å². The first kappa shape index (κ1) is 22.1. The molecule has 5 aliphatic carbocycles. The van der Waals surface area contributed by atoms with Crippen molar-refractivity contribution in [1.82, 2.24) is 0 Å². The summed E-state index contributed by atoms with van der Waals surface area (Å²) in [4.78, 5) is 12.9. The van der Waals surface area contributed by atoms with Crippen molar-refractivity contribution in [2.75, 3.05) is 0 Å². The number of aliphatic hydroxyl groups is 1. The van der Waals surface area contributed by atoms with Crippen LogP contribution in [-0.4, -0.2) is 28.7 Å². The normalized spacial score (nSPS) is 56.2. The van der Waals surface area contributed by atoms with E-state index < -0.39 is 5.60 Å². The largest absolute Gasteiger partial charge is 0.388 e. The highest BCUT2D eigenvalue weighted by molar-refractivity contribution is 5.86. The Labute approximate surface area is 195 Å². The predicted molar refractivity (Wildman–Crippen MR) is 126 cm³/mol. The Bertz CT molecular complexity index is 840. The van der Waals surface area contributed by atoms with Crippen LogP contribution in [-0.2, 0) is 9.53 Å². The van der Waals surface area contributed by atoms with Gasteiger partial charge in [0.25, 0.3) is 0 Å². The van der Waals surface area contributed by atoms with Gasteiger partial charge in [-0.2, -0.15) is 0 Å². The fourth-order valence-corrected chi connectivity index (χ4v) is 11.3. The van der Waals surface area contributed by atoms with Crippen LogP contribution in [0.5, 0.6) is 0 Å². The number of ketones is 1. The van der Waals surface area contributed by atoms with Crippen LogP contribution in [0.1, 0.15) is 112 Å². The van der Waals surface area contributed by atoms with Crippen molar-refractivity contribution in [3.05, 3.63) is 0 Å². The van der Waals surface area contributed by atoms with E-state index in [2.05, 4.69) is 27.7 Å². The molecule has 0 amide bonds. The van der Waals surface area contributed by atoms with Crippen LogP contribution in [0.3, 0.4) is 0 Å². The van der Waals surface area contributed by atoms with Gasteiger partial charge < -0.3 is 9.84 Å². The molecule has 1 N–H and O–H groups in total. The first-order valence-electron chi connectivity index (χ1n) is 13.7. The molecule has 5 saturated carbocycles. The zero-order valence-electron chi connectivity index (χ0n) is 21.4. The smallest absolute Gasteiger partial charge is 0.138 e. The molecule has 6 aliphatic rings. The maximum Gasteiger partial charge on any atom is 0.138 e. The lowest BCUT2D eigenvalue weighted by molar-refractivity contribution is -0.155. The fourth-order valence-electron chi connectivity index (χ4n) is 11.3. The third-order valence-electron chi connectivity index (χ3n) is 13.1. The van der Waals surface area contributed by atoms with Crippen molar-refractivity contribution in [3.8, 4) is 0 Å². The molecule has 180 valence electrons. The second kappa shape index (κ2) is 6.23. The van der Waals surface area contributed by atoms with Crippen molar-refractivity contribution in [2.24, 2.45) is 44.8 Å². The lowest BCUT2D eigenvalue weighted by Crippen LogP contribution is -2.56. The highest BCUT2D eigenvalue weighted by Gasteiger charge is 2.82. The molecule has 0 aromatic heterocycles. The first-order valence-corrected chi connectivity index (χ1v) is 13.7. The number of carbonyl (C=O) groups is 1. The number of hydrogen-bond acceptors (Lipinski definition) is 3. The van der Waals surface area contributed by atoms with Gasteiger partial charge in [0.1, 0.15) is 5.78 Å². The predicted octanol–water partition coefficient (Wildman–Crippen LogP) is 6.31. The molecular weight excluding hydrogens is 396 g/mol. The molecule has 4 unspecified atom stereocenters. The Hall–Kier alpha value is -0.410. The summed E-state index contributed by atoms with van der Waals surface area (Å²) in [5.74, 6) is 2.54. The summed E-state index contributed by atoms with van der Waals surface area (Å²) in [7, 11) is 0. The van der Waals surface area contributed by atoms with Crippen LogP contribution >= 0.6 is 0 Å². The molecule has 2 spiro atoms. The molecule has 6 fully saturated rings. The van der Waals surface area contributed by atoms with E-state index in [0.717, 1.165) is 25.2 Å². The zero-order chi connectivity index (χ0) is 22.9. The first-order chi connectivity index (χ1) is 14.8. The lowest BCUT2D eigenvalue weighted by atomic mass is 9.42. The average molecular weight is 443 g/mol. The van der Waals surface area contributed by atoms with E-state index in [4.69, 9.17) is 4.74 Å². The second-order valence-electron chi connectivity index (χ2n) is 14.7. The van der Waals surface area contributed by atoms with Gasteiger partial charge in [-0.25, -0.2) is 0 Å². The van der Waals surface area contributed by atoms with E-state index in [9.17, 15) is 9.90 Å². The summed E-state index contributed by atoms with van der Waals surface area (Å²) in [5, 5.41) is 10.8. The van der Waals surface area contributed by atoms with E-state index >= 15 is 0 Å². The molecule has 0 radical (unpaired) electrons. The van der Waals surface area contributed by atoms with E-state index in [1.54, 1.807) is 0 Å². The van der Waals surface area contributed by atoms with Crippen molar-refractivity contribution in [3.63, 3.8) is 0 Å². The number of ether oxygens (including phenoxy) is 1. The van der Waals surface area contributed by atoms with Gasteiger partial charge in [-0.15, -0.1) is 0 Å². The van der Waals surface area contributed by atoms with Crippen LogP contribution in [0, 0.1) is 44.8 Å². The van der Waals surface area contributed by atoms with Crippen molar-refractivity contribution in [2.45, 2.75) is 130 Å². The Morgan fingerprint density at radius 3 is 2.31 bits per heavy atom. The van der Waals surface area contributed by atoms with E-state index in [1.807, 2.05) is 13.8 Å². The van der Waals surface area contributed by atoms with Gasteiger partial charge in [0.2, 0.25) is 0 Å². The Morgan fingerprint density at radius 1 is 0.906 bits per heavy atom. The van der Waals surface area contributed by atoms with Gasteiger partial charge in [0.15, 0.2) is 0 Å². The standard InChI is InChI=1S/C29H46O3/c1-24(2)20-10-11-21-27(6)16-19-18(8-7-9-23(32-19)25(3,4)31)26(27,5)14-15-29(21)17-28(20,29)13-12-22(24)30/h18-21,23,31H,7-17H2,1-6H3/t18?,19?,20?,21?,23-,26-,27+,28-,29+/m1/s1. The topological polar surface area (TPSA) is 46.5 Å². The molecule has 6 rings (SSSR count). The summed E-state index contributed by atoms with van der Waals surface area (Å²) >= 11 is 0. The summed E-state index contributed by atoms with van der Waals surface area (Å²) < 4.78 is 6.81. The monoisotopic (exact) mass is 442 g/mol. The number of rotatable bonds is 1. The third kappa shape index (κ3) is 2.39. The maximum atomic E-state index is 12.9. The van der Waals surface area contributed by atoms with Gasteiger partial charge in [0.05, 0.1) is 17.8 Å². The molecule has 9 atom stereocenters. The SMILES string of the molecule is CC1(C)C(=O)CC[C@]23C[C@]24CC[C@]2(C)C5CCC[C@H](C(C)(C)O)OC5C[C@@]2(C)C4CCC13. The summed E-state index contributed by atoms with van der Waals surface area (Å²) in [6.07, 6.45) is 13.5. The Kier molecular flexibility index (Phi) is 4.30. The second-order valence-corrected chi connectivity index (χ2v) is 14.7. The number of hydrogen-bond donors (Lipinski definition) is 1. The Balaban J connectivity index is 1.35. The number of Topliss-reactive ketones (excluding diaryl/α,β-unsaturated/α-hetero) is 1. The van der Waals surface area contributed by atoms with Crippen LogP contribution in [0.4, 0.5) is 0 Å². The van der Waals surface area contributed by atoms with E-state index in [1.165, 1.54) is 51.4 Å². The average Bonchev–Trinajstić information content (AvgIpc) is 3.36. The number of carbonyl (C=O) groups excluding carboxylic acids is 1. The van der Waals surface area contributed by atoms with Gasteiger partial charge >= 0.3 is 0 Å². The summed E-state index contributed by atoms with van der Waals surface area (Å²) in [6, 6.07) is 0.